The minimum atomic E-state index is -0.801. The molecule has 0 bridgehead atoms. The van der Waals surface area contributed by atoms with Gasteiger partial charge in [0.15, 0.2) is 0 Å². The molecule has 2 aromatic heterocycles. The number of benzene rings is 2. The molecule has 5 rings (SSSR count). The lowest BCUT2D eigenvalue weighted by Gasteiger charge is -2.32. The predicted molar refractivity (Wildman–Crippen MR) is 159 cm³/mol. The lowest BCUT2D eigenvalue weighted by atomic mass is 10.2. The quantitative estimate of drug-likeness (QED) is 0.262. The fourth-order valence-electron chi connectivity index (χ4n) is 3.95. The highest BCUT2D eigenvalue weighted by Crippen LogP contribution is 2.30. The lowest BCUT2D eigenvalue weighted by molar-refractivity contribution is -0.136. The molecule has 3 heterocycles. The summed E-state index contributed by atoms with van der Waals surface area (Å²) in [5.41, 5.74) is 2.21. The molecule has 1 aliphatic rings. The van der Waals surface area contributed by atoms with Gasteiger partial charge >= 0.3 is 5.97 Å². The van der Waals surface area contributed by atoms with Crippen molar-refractivity contribution in [3.63, 3.8) is 0 Å². The smallest absolute Gasteiger partial charge is 0.308 e. The molecule has 0 saturated carbocycles. The number of carbonyl (C=O) groups is 2. The number of likely N-dealkylation sites (N-methyl/N-ethyl adjacent to an activating group) is 1. The van der Waals surface area contributed by atoms with Crippen LogP contribution in [0.2, 0.25) is 10.0 Å². The van der Waals surface area contributed by atoms with Crippen LogP contribution in [-0.4, -0.2) is 60.0 Å². The first-order chi connectivity index (χ1) is 18.3. The van der Waals surface area contributed by atoms with Crippen molar-refractivity contribution in [1.29, 1.82) is 0 Å². The van der Waals surface area contributed by atoms with E-state index in [9.17, 15) is 9.59 Å². The molecule has 0 unspecified atom stereocenters. The Kier molecular flexibility index (Phi) is 9.99. The number of halogens is 2. The van der Waals surface area contributed by atoms with Crippen LogP contribution in [-0.2, 0) is 22.4 Å². The largest absolute Gasteiger partial charge is 0.481 e. The third kappa shape index (κ3) is 8.16. The zero-order valence-electron chi connectivity index (χ0n) is 20.9. The maximum Gasteiger partial charge on any atom is 0.308 e. The normalized spacial score (nSPS) is 13.6. The average Bonchev–Trinajstić information content (AvgIpc) is 3.55. The standard InChI is InChI=1S/C17H19ClN2OS.C12H9ClO2S/c1-19-8-10-20(11-9-19)17(21)12-15-6-7-16(22-15)13-2-4-14(18)5-3-13;13-9-3-1-8(2-4-9)11-6-5-10(16-11)7-12(14)15/h2-7H,8-12H2,1H3;1-6H,7H2,(H,14,15). The van der Waals surface area contributed by atoms with E-state index in [2.05, 4.69) is 24.1 Å². The van der Waals surface area contributed by atoms with Gasteiger partial charge in [-0.3, -0.25) is 9.59 Å². The molecule has 0 atom stereocenters. The highest BCUT2D eigenvalue weighted by Gasteiger charge is 2.19. The first-order valence-electron chi connectivity index (χ1n) is 12.1. The van der Waals surface area contributed by atoms with E-state index in [1.54, 1.807) is 11.3 Å². The zero-order valence-corrected chi connectivity index (χ0v) is 24.0. The average molecular weight is 588 g/mol. The van der Waals surface area contributed by atoms with Crippen molar-refractivity contribution in [2.24, 2.45) is 0 Å². The molecule has 2 aromatic carbocycles. The molecule has 1 saturated heterocycles. The van der Waals surface area contributed by atoms with Crippen LogP contribution < -0.4 is 0 Å². The second kappa shape index (κ2) is 13.4. The third-order valence-electron chi connectivity index (χ3n) is 6.09. The molecule has 0 radical (unpaired) electrons. The van der Waals surface area contributed by atoms with Crippen LogP contribution in [0.25, 0.3) is 20.9 Å². The van der Waals surface area contributed by atoms with Gasteiger partial charge in [0, 0.05) is 55.7 Å². The Hall–Kier alpha value is -2.68. The summed E-state index contributed by atoms with van der Waals surface area (Å²) in [6, 6.07) is 23.3. The molecular weight excluding hydrogens is 559 g/mol. The van der Waals surface area contributed by atoms with Crippen molar-refractivity contribution < 1.29 is 14.7 Å². The Bertz CT molecular complexity index is 1360. The number of piperazine rings is 1. The minimum absolute atomic E-state index is 0.0816. The summed E-state index contributed by atoms with van der Waals surface area (Å²) in [6.45, 7) is 3.61. The van der Waals surface area contributed by atoms with Gasteiger partial charge in [-0.25, -0.2) is 0 Å². The molecule has 1 fully saturated rings. The molecule has 5 nitrogen and oxygen atoms in total. The maximum absolute atomic E-state index is 12.4. The number of thiophene rings is 2. The summed E-state index contributed by atoms with van der Waals surface area (Å²) < 4.78 is 0. The Morgan fingerprint density at radius 1 is 0.711 bits per heavy atom. The summed E-state index contributed by atoms with van der Waals surface area (Å²) in [6.07, 6.45) is 0.584. The fourth-order valence-corrected chi connectivity index (χ4v) is 6.21. The van der Waals surface area contributed by atoms with Gasteiger partial charge in [-0.2, -0.15) is 0 Å². The lowest BCUT2D eigenvalue weighted by Crippen LogP contribution is -2.47. The molecule has 4 aromatic rings. The molecule has 0 spiro atoms. The second-order valence-corrected chi connectivity index (χ2v) is 12.2. The maximum atomic E-state index is 12.4. The summed E-state index contributed by atoms with van der Waals surface area (Å²) >= 11 is 14.9. The van der Waals surface area contributed by atoms with Crippen LogP contribution in [0.3, 0.4) is 0 Å². The Balaban J connectivity index is 0.000000186. The number of amides is 1. The van der Waals surface area contributed by atoms with Crippen molar-refractivity contribution in [3.05, 3.63) is 92.6 Å². The summed E-state index contributed by atoms with van der Waals surface area (Å²) in [7, 11) is 2.10. The SMILES string of the molecule is CN1CCN(C(=O)Cc2ccc(-c3ccc(Cl)cc3)s2)CC1.O=C(O)Cc1ccc(-c2ccc(Cl)cc2)s1. The number of aliphatic carboxylic acids is 1. The number of carboxylic acid groups (broad SMARTS) is 1. The van der Waals surface area contributed by atoms with Crippen molar-refractivity contribution in [3.8, 4) is 20.9 Å². The Morgan fingerprint density at radius 3 is 1.61 bits per heavy atom. The minimum Gasteiger partial charge on any atom is -0.481 e. The van der Waals surface area contributed by atoms with Gasteiger partial charge in [0.25, 0.3) is 0 Å². The van der Waals surface area contributed by atoms with Crippen molar-refractivity contribution in [2.45, 2.75) is 12.8 Å². The molecule has 9 heteroatoms. The molecule has 0 aliphatic carbocycles. The van der Waals surface area contributed by atoms with E-state index in [-0.39, 0.29) is 12.3 Å². The van der Waals surface area contributed by atoms with Gasteiger partial charge in [-0.15, -0.1) is 22.7 Å². The number of carbonyl (C=O) groups excluding carboxylic acids is 1. The number of carboxylic acids is 1. The predicted octanol–water partition coefficient (Wildman–Crippen LogP) is 7.08. The van der Waals surface area contributed by atoms with Gasteiger partial charge in [0.1, 0.15) is 0 Å². The van der Waals surface area contributed by atoms with E-state index in [1.807, 2.05) is 65.6 Å². The second-order valence-electron chi connectivity index (χ2n) is 8.98. The van der Waals surface area contributed by atoms with Crippen LogP contribution in [0.5, 0.6) is 0 Å². The van der Waals surface area contributed by atoms with Crippen LogP contribution >= 0.6 is 45.9 Å². The molecular formula is C29H28Cl2N2O3S2. The van der Waals surface area contributed by atoms with E-state index >= 15 is 0 Å². The van der Waals surface area contributed by atoms with Crippen LogP contribution in [0, 0.1) is 0 Å². The fraction of sp³-hybridized carbons (Fsp3) is 0.241. The van der Waals surface area contributed by atoms with E-state index in [4.69, 9.17) is 28.3 Å². The van der Waals surface area contributed by atoms with Gasteiger partial charge in [-0.05, 0) is 66.7 Å². The van der Waals surface area contributed by atoms with Crippen molar-refractivity contribution in [1.82, 2.24) is 9.80 Å². The first-order valence-corrected chi connectivity index (χ1v) is 14.5. The topological polar surface area (TPSA) is 60.9 Å². The van der Waals surface area contributed by atoms with Crippen LogP contribution in [0.4, 0.5) is 0 Å². The molecule has 198 valence electrons. The third-order valence-corrected chi connectivity index (χ3v) is 8.86. The van der Waals surface area contributed by atoms with Gasteiger partial charge < -0.3 is 14.9 Å². The monoisotopic (exact) mass is 586 g/mol. The number of nitrogens with zero attached hydrogens (tertiary/aromatic N) is 2. The Morgan fingerprint density at radius 2 is 1.16 bits per heavy atom. The highest BCUT2D eigenvalue weighted by molar-refractivity contribution is 7.15. The van der Waals surface area contributed by atoms with E-state index in [0.717, 1.165) is 57.0 Å². The molecule has 1 aliphatic heterocycles. The van der Waals surface area contributed by atoms with Gasteiger partial charge in [0.2, 0.25) is 5.91 Å². The van der Waals surface area contributed by atoms with Crippen molar-refractivity contribution >= 4 is 57.8 Å². The zero-order chi connectivity index (χ0) is 27.1. The van der Waals surface area contributed by atoms with Crippen molar-refractivity contribution in [2.75, 3.05) is 33.2 Å². The van der Waals surface area contributed by atoms with E-state index in [1.165, 1.54) is 16.2 Å². The number of hydrogen-bond donors (Lipinski definition) is 1. The van der Waals surface area contributed by atoms with Crippen LogP contribution in [0.1, 0.15) is 9.75 Å². The van der Waals surface area contributed by atoms with Crippen LogP contribution in [0.15, 0.2) is 72.8 Å². The summed E-state index contributed by atoms with van der Waals surface area (Å²) in [5, 5.41) is 10.1. The van der Waals surface area contributed by atoms with Gasteiger partial charge in [0.05, 0.1) is 12.8 Å². The van der Waals surface area contributed by atoms with Gasteiger partial charge in [-0.1, -0.05) is 47.5 Å². The first kappa shape index (κ1) is 28.3. The van der Waals surface area contributed by atoms with E-state index < -0.39 is 5.97 Å². The highest BCUT2D eigenvalue weighted by atomic mass is 35.5. The number of rotatable bonds is 6. The molecule has 38 heavy (non-hydrogen) atoms. The number of hydrogen-bond acceptors (Lipinski definition) is 5. The molecule has 1 N–H and O–H groups in total. The van der Waals surface area contributed by atoms with E-state index in [0.29, 0.717) is 11.4 Å². The summed E-state index contributed by atoms with van der Waals surface area (Å²) in [4.78, 5) is 31.4. The molecule has 1 amide bonds. The Labute approximate surface area is 240 Å². The summed E-state index contributed by atoms with van der Waals surface area (Å²) in [5.74, 6) is -0.567.